The minimum Gasteiger partial charge on any atom is -0.349 e. The Morgan fingerprint density at radius 3 is 2.58 bits per heavy atom. The van der Waals surface area contributed by atoms with E-state index in [1.165, 1.54) is 4.57 Å². The van der Waals surface area contributed by atoms with Gasteiger partial charge >= 0.3 is 5.69 Å². The van der Waals surface area contributed by atoms with Crippen LogP contribution in [-0.4, -0.2) is 20.0 Å². The first-order chi connectivity index (χ1) is 15.0. The van der Waals surface area contributed by atoms with Crippen molar-refractivity contribution in [1.82, 2.24) is 19.4 Å². The Balaban J connectivity index is 1.81. The van der Waals surface area contributed by atoms with Crippen LogP contribution in [0.4, 0.5) is 0 Å². The van der Waals surface area contributed by atoms with Gasteiger partial charge in [0.2, 0.25) is 5.91 Å². The van der Waals surface area contributed by atoms with Crippen LogP contribution in [-0.2, 0) is 17.9 Å². The highest BCUT2D eigenvalue weighted by Crippen LogP contribution is 2.18. The van der Waals surface area contributed by atoms with Crippen LogP contribution in [0.3, 0.4) is 0 Å². The van der Waals surface area contributed by atoms with Crippen LogP contribution in [0.15, 0.2) is 76.4 Å². The molecule has 0 bridgehead atoms. The molecule has 31 heavy (non-hydrogen) atoms. The fourth-order valence-corrected chi connectivity index (χ4v) is 3.60. The second-order valence-corrected chi connectivity index (χ2v) is 7.49. The Morgan fingerprint density at radius 2 is 1.84 bits per heavy atom. The highest BCUT2D eigenvalue weighted by atomic mass is 35.5. The van der Waals surface area contributed by atoms with E-state index in [1.807, 2.05) is 13.0 Å². The number of aromatic nitrogens is 3. The molecular formula is C23H19ClN4O3. The van der Waals surface area contributed by atoms with Gasteiger partial charge in [0, 0.05) is 6.20 Å². The molecule has 0 spiro atoms. The predicted molar refractivity (Wildman–Crippen MR) is 120 cm³/mol. The Labute approximate surface area is 182 Å². The van der Waals surface area contributed by atoms with Gasteiger partial charge in [-0.25, -0.2) is 9.36 Å². The lowest BCUT2D eigenvalue weighted by atomic mass is 10.1. The first kappa shape index (κ1) is 20.6. The van der Waals surface area contributed by atoms with Gasteiger partial charge in [-0.3, -0.25) is 19.1 Å². The van der Waals surface area contributed by atoms with Crippen LogP contribution >= 0.6 is 11.6 Å². The zero-order valence-corrected chi connectivity index (χ0v) is 17.5. The second-order valence-electron chi connectivity index (χ2n) is 7.08. The van der Waals surface area contributed by atoms with E-state index < -0.39 is 11.2 Å². The molecule has 2 aromatic heterocycles. The molecule has 0 atom stereocenters. The minimum absolute atomic E-state index is 0.232. The van der Waals surface area contributed by atoms with Crippen LogP contribution in [0, 0.1) is 6.92 Å². The number of fused-ring (bicyclic) bond motifs is 1. The van der Waals surface area contributed by atoms with Gasteiger partial charge in [0.25, 0.3) is 5.56 Å². The number of carbonyl (C=O) groups excluding carboxylic acids is 1. The molecule has 0 aliphatic rings. The van der Waals surface area contributed by atoms with Crippen LogP contribution in [0.25, 0.3) is 16.6 Å². The number of halogens is 1. The van der Waals surface area contributed by atoms with Gasteiger partial charge in [-0.2, -0.15) is 0 Å². The van der Waals surface area contributed by atoms with Crippen LogP contribution < -0.4 is 16.6 Å². The molecule has 0 saturated carbocycles. The molecule has 7 nitrogen and oxygen atoms in total. The summed E-state index contributed by atoms with van der Waals surface area (Å²) in [7, 11) is 0. The normalized spacial score (nSPS) is 10.9. The number of aryl methyl sites for hydroxylation is 1. The highest BCUT2D eigenvalue weighted by molar-refractivity contribution is 6.32. The minimum atomic E-state index is -0.637. The van der Waals surface area contributed by atoms with Gasteiger partial charge in [0.15, 0.2) is 0 Å². The molecule has 0 aliphatic heterocycles. The second kappa shape index (κ2) is 8.57. The monoisotopic (exact) mass is 434 g/mol. The summed E-state index contributed by atoms with van der Waals surface area (Å²) in [4.78, 5) is 43.3. The fourth-order valence-electron chi connectivity index (χ4n) is 3.38. The summed E-state index contributed by atoms with van der Waals surface area (Å²) in [5.74, 6) is -0.376. The third kappa shape index (κ3) is 4.13. The number of nitrogens with one attached hydrogen (secondary N) is 1. The zero-order valence-electron chi connectivity index (χ0n) is 16.7. The number of rotatable bonds is 5. The molecule has 0 saturated heterocycles. The smallest absolute Gasteiger partial charge is 0.336 e. The molecule has 0 unspecified atom stereocenters. The molecule has 1 N–H and O–H groups in total. The summed E-state index contributed by atoms with van der Waals surface area (Å²) in [6.45, 7) is 1.83. The third-order valence-electron chi connectivity index (χ3n) is 4.89. The zero-order chi connectivity index (χ0) is 22.0. The molecular weight excluding hydrogens is 416 g/mol. The third-order valence-corrected chi connectivity index (χ3v) is 5.21. The van der Waals surface area contributed by atoms with E-state index in [-0.39, 0.29) is 29.7 Å². The molecule has 8 heteroatoms. The summed E-state index contributed by atoms with van der Waals surface area (Å²) in [5.41, 5.74) is 1.09. The molecule has 4 rings (SSSR count). The van der Waals surface area contributed by atoms with Gasteiger partial charge in [-0.15, -0.1) is 0 Å². The lowest BCUT2D eigenvalue weighted by Gasteiger charge is -2.15. The van der Waals surface area contributed by atoms with Crippen molar-refractivity contribution < 1.29 is 4.79 Å². The van der Waals surface area contributed by atoms with Crippen molar-refractivity contribution in [3.63, 3.8) is 0 Å². The van der Waals surface area contributed by atoms with E-state index in [2.05, 4.69) is 10.3 Å². The number of amides is 1. The van der Waals surface area contributed by atoms with Gasteiger partial charge in [0.1, 0.15) is 6.54 Å². The predicted octanol–water partition coefficient (Wildman–Crippen LogP) is 2.83. The number of benzene rings is 2. The Morgan fingerprint density at radius 1 is 1.06 bits per heavy atom. The van der Waals surface area contributed by atoms with Crippen LogP contribution in [0.1, 0.15) is 11.3 Å². The van der Waals surface area contributed by atoms with E-state index in [0.29, 0.717) is 16.6 Å². The standard InChI is InChI=1S/C23H19ClN4O3/c1-15-9-10-19-17(12-15)22(30)28(20-8-3-2-7-18(20)24)23(31)27(19)14-21(29)26-13-16-6-4-5-11-25-16/h2-12H,13-14H2,1H3,(H,26,29). The van der Waals surface area contributed by atoms with Crippen molar-refractivity contribution in [2.75, 3.05) is 0 Å². The number of nitrogens with zero attached hydrogens (tertiary/aromatic N) is 3. The SMILES string of the molecule is Cc1ccc2c(c1)c(=O)n(-c1ccccc1Cl)c(=O)n2CC(=O)NCc1ccccn1. The molecule has 156 valence electrons. The average Bonchev–Trinajstić information content (AvgIpc) is 2.77. The lowest BCUT2D eigenvalue weighted by molar-refractivity contribution is -0.121. The Bertz CT molecular complexity index is 1390. The Kier molecular flexibility index (Phi) is 5.68. The first-order valence-corrected chi connectivity index (χ1v) is 10.0. The van der Waals surface area contributed by atoms with E-state index in [0.717, 1.165) is 10.1 Å². The maximum absolute atomic E-state index is 13.3. The molecule has 4 aromatic rings. The lowest BCUT2D eigenvalue weighted by Crippen LogP contribution is -2.42. The van der Waals surface area contributed by atoms with Crippen LogP contribution in [0.5, 0.6) is 0 Å². The summed E-state index contributed by atoms with van der Waals surface area (Å²) < 4.78 is 2.30. The fraction of sp³-hybridized carbons (Fsp3) is 0.130. The molecule has 2 heterocycles. The van der Waals surface area contributed by atoms with Gasteiger partial charge in [0.05, 0.1) is 33.9 Å². The average molecular weight is 435 g/mol. The number of para-hydroxylation sites is 1. The van der Waals surface area contributed by atoms with Crippen molar-refractivity contribution in [2.24, 2.45) is 0 Å². The van der Waals surface area contributed by atoms with E-state index in [9.17, 15) is 14.4 Å². The largest absolute Gasteiger partial charge is 0.349 e. The van der Waals surface area contributed by atoms with Crippen molar-refractivity contribution in [1.29, 1.82) is 0 Å². The Hall–Kier alpha value is -3.71. The van der Waals surface area contributed by atoms with E-state index in [1.54, 1.807) is 60.8 Å². The van der Waals surface area contributed by atoms with Gasteiger partial charge in [-0.05, 0) is 43.3 Å². The van der Waals surface area contributed by atoms with Gasteiger partial charge in [-0.1, -0.05) is 41.4 Å². The summed E-state index contributed by atoms with van der Waals surface area (Å²) in [6, 6.07) is 17.2. The van der Waals surface area contributed by atoms with E-state index >= 15 is 0 Å². The van der Waals surface area contributed by atoms with Crippen molar-refractivity contribution in [3.05, 3.63) is 104 Å². The first-order valence-electron chi connectivity index (χ1n) is 9.63. The maximum atomic E-state index is 13.3. The van der Waals surface area contributed by atoms with Crippen molar-refractivity contribution in [2.45, 2.75) is 20.0 Å². The van der Waals surface area contributed by atoms with E-state index in [4.69, 9.17) is 11.6 Å². The molecule has 2 aromatic carbocycles. The van der Waals surface area contributed by atoms with Crippen molar-refractivity contribution >= 4 is 28.4 Å². The maximum Gasteiger partial charge on any atom is 0.336 e. The number of carbonyl (C=O) groups is 1. The summed E-state index contributed by atoms with van der Waals surface area (Å²) >= 11 is 6.27. The number of hydrogen-bond acceptors (Lipinski definition) is 4. The molecule has 0 fully saturated rings. The topological polar surface area (TPSA) is 86.0 Å². The summed E-state index contributed by atoms with van der Waals surface area (Å²) in [6.07, 6.45) is 1.64. The number of hydrogen-bond donors (Lipinski definition) is 1. The summed E-state index contributed by atoms with van der Waals surface area (Å²) in [5, 5.41) is 3.36. The molecule has 0 aliphatic carbocycles. The highest BCUT2D eigenvalue weighted by Gasteiger charge is 2.18. The number of pyridine rings is 1. The van der Waals surface area contributed by atoms with Gasteiger partial charge < -0.3 is 5.32 Å². The van der Waals surface area contributed by atoms with Crippen LogP contribution in [0.2, 0.25) is 5.02 Å². The quantitative estimate of drug-likeness (QED) is 0.523. The molecule has 0 radical (unpaired) electrons. The molecule has 1 amide bonds. The van der Waals surface area contributed by atoms with Crippen molar-refractivity contribution in [3.8, 4) is 5.69 Å².